The molecule has 9 nitrogen and oxygen atoms in total. The van der Waals surface area contributed by atoms with Gasteiger partial charge >= 0.3 is 0 Å². The number of carbonyl (C=O) groups excluding carboxylic acids is 2. The Labute approximate surface area is 208 Å². The normalized spacial score (nSPS) is 14.6. The summed E-state index contributed by atoms with van der Waals surface area (Å²) >= 11 is 0. The average molecular weight is 483 g/mol. The Morgan fingerprint density at radius 2 is 1.72 bits per heavy atom. The number of benzene rings is 1. The summed E-state index contributed by atoms with van der Waals surface area (Å²) in [6, 6.07) is 19.3. The summed E-state index contributed by atoms with van der Waals surface area (Å²) in [6.07, 6.45) is 5.65. The number of amides is 2. The average Bonchev–Trinajstić information content (AvgIpc) is 3.60. The number of hydrogen-bond acceptors (Lipinski definition) is 6. The van der Waals surface area contributed by atoms with E-state index >= 15 is 0 Å². The molecular weight excluding hydrogens is 456 g/mol. The summed E-state index contributed by atoms with van der Waals surface area (Å²) in [5.41, 5.74) is 2.49. The molecule has 182 valence electrons. The highest BCUT2D eigenvalue weighted by atomic mass is 16.3. The number of aliphatic hydroxyl groups is 1. The summed E-state index contributed by atoms with van der Waals surface area (Å²) in [4.78, 5) is 34.7. The van der Waals surface area contributed by atoms with E-state index in [1.165, 1.54) is 4.68 Å². The smallest absolute Gasteiger partial charge is 0.255 e. The van der Waals surface area contributed by atoms with Gasteiger partial charge in [0.1, 0.15) is 5.69 Å². The number of hydrogen-bond donors (Lipinski definition) is 3. The third-order valence-electron chi connectivity index (χ3n) is 5.95. The third kappa shape index (κ3) is 5.47. The van der Waals surface area contributed by atoms with E-state index in [1.807, 2.05) is 48.5 Å². The molecule has 1 aromatic carbocycles. The lowest BCUT2D eigenvalue weighted by molar-refractivity contribution is -0.130. The van der Waals surface area contributed by atoms with Gasteiger partial charge in [0.15, 0.2) is 11.9 Å². The Morgan fingerprint density at radius 1 is 0.944 bits per heavy atom. The van der Waals surface area contributed by atoms with Gasteiger partial charge in [0, 0.05) is 24.6 Å². The van der Waals surface area contributed by atoms with Gasteiger partial charge in [-0.1, -0.05) is 36.4 Å². The monoisotopic (exact) mass is 482 g/mol. The third-order valence-corrected chi connectivity index (χ3v) is 5.95. The van der Waals surface area contributed by atoms with Crippen LogP contribution < -0.4 is 10.6 Å². The number of pyridine rings is 2. The van der Waals surface area contributed by atoms with Gasteiger partial charge in [0.2, 0.25) is 0 Å². The summed E-state index contributed by atoms with van der Waals surface area (Å²) in [7, 11) is 0. The van der Waals surface area contributed by atoms with Gasteiger partial charge in [0.25, 0.3) is 11.8 Å². The molecule has 1 aliphatic rings. The van der Waals surface area contributed by atoms with Crippen LogP contribution in [0.3, 0.4) is 0 Å². The molecule has 3 N–H and O–H groups in total. The van der Waals surface area contributed by atoms with Crippen LogP contribution in [0.4, 0.5) is 0 Å². The second kappa shape index (κ2) is 10.5. The van der Waals surface area contributed by atoms with Crippen molar-refractivity contribution in [2.24, 2.45) is 0 Å². The maximum absolute atomic E-state index is 13.4. The molecular formula is C27H26N6O3. The highest BCUT2D eigenvalue weighted by Crippen LogP contribution is 2.20. The Kier molecular flexibility index (Phi) is 6.81. The van der Waals surface area contributed by atoms with E-state index in [-0.39, 0.29) is 18.0 Å². The molecule has 2 atom stereocenters. The van der Waals surface area contributed by atoms with E-state index in [0.29, 0.717) is 17.2 Å². The molecule has 0 saturated heterocycles. The van der Waals surface area contributed by atoms with Gasteiger partial charge in [0.05, 0.1) is 17.3 Å². The maximum atomic E-state index is 13.4. The van der Waals surface area contributed by atoms with E-state index in [4.69, 9.17) is 0 Å². The van der Waals surface area contributed by atoms with Crippen LogP contribution in [-0.2, 0) is 11.2 Å². The predicted molar refractivity (Wildman–Crippen MR) is 133 cm³/mol. The quantitative estimate of drug-likeness (QED) is 0.337. The molecule has 0 spiro atoms. The standard InChI is InChI=1S/C27H26N6O3/c34-24(27(36)30-19-11-12-19)23(17-18-7-2-1-3-8-18)31-26(35)20-9-6-15-29-25(20)33-16-13-22(32-33)21-10-4-5-14-28-21/h1-10,13-16,19,23-24,34H,11-12,17H2,(H,30,36)(H,31,35). The van der Waals surface area contributed by atoms with Crippen molar-refractivity contribution in [2.75, 3.05) is 0 Å². The fourth-order valence-electron chi connectivity index (χ4n) is 3.90. The Morgan fingerprint density at radius 3 is 2.47 bits per heavy atom. The van der Waals surface area contributed by atoms with Crippen molar-refractivity contribution in [3.63, 3.8) is 0 Å². The predicted octanol–water partition coefficient (Wildman–Crippen LogP) is 2.31. The molecule has 2 amide bonds. The van der Waals surface area contributed by atoms with Crippen LogP contribution in [0, 0.1) is 0 Å². The Balaban J connectivity index is 1.39. The molecule has 36 heavy (non-hydrogen) atoms. The molecule has 0 radical (unpaired) electrons. The number of rotatable bonds is 9. The molecule has 1 saturated carbocycles. The van der Waals surface area contributed by atoms with Crippen LogP contribution in [0.15, 0.2) is 85.3 Å². The lowest BCUT2D eigenvalue weighted by Gasteiger charge is -2.24. The number of aromatic nitrogens is 4. The number of carbonyl (C=O) groups is 2. The molecule has 1 fully saturated rings. The molecule has 4 aromatic rings. The minimum absolute atomic E-state index is 0.0956. The van der Waals surface area contributed by atoms with Gasteiger partial charge in [-0.25, -0.2) is 9.67 Å². The number of aliphatic hydroxyl groups excluding tert-OH is 1. The van der Waals surface area contributed by atoms with Crippen molar-refractivity contribution in [3.8, 4) is 17.2 Å². The van der Waals surface area contributed by atoms with Gasteiger partial charge in [-0.05, 0) is 55.2 Å². The molecule has 2 unspecified atom stereocenters. The van der Waals surface area contributed by atoms with Crippen LogP contribution in [0.1, 0.15) is 28.8 Å². The van der Waals surface area contributed by atoms with Crippen LogP contribution in [0.5, 0.6) is 0 Å². The van der Waals surface area contributed by atoms with Gasteiger partial charge in [-0.2, -0.15) is 5.10 Å². The van der Waals surface area contributed by atoms with Crippen LogP contribution in [-0.4, -0.2) is 54.9 Å². The van der Waals surface area contributed by atoms with Crippen molar-refractivity contribution in [1.29, 1.82) is 0 Å². The van der Waals surface area contributed by atoms with E-state index in [1.54, 1.807) is 36.8 Å². The minimum atomic E-state index is -1.41. The fourth-order valence-corrected chi connectivity index (χ4v) is 3.90. The van der Waals surface area contributed by atoms with E-state index in [9.17, 15) is 14.7 Å². The first-order valence-corrected chi connectivity index (χ1v) is 11.8. The van der Waals surface area contributed by atoms with Gasteiger partial charge in [-0.15, -0.1) is 0 Å². The Hall–Kier alpha value is -4.37. The van der Waals surface area contributed by atoms with Crippen molar-refractivity contribution in [3.05, 3.63) is 96.4 Å². The Bertz CT molecular complexity index is 1340. The van der Waals surface area contributed by atoms with Gasteiger partial charge in [-0.3, -0.25) is 14.6 Å². The first kappa shape index (κ1) is 23.4. The largest absolute Gasteiger partial charge is 0.381 e. The molecule has 0 bridgehead atoms. The van der Waals surface area contributed by atoms with Crippen LogP contribution >= 0.6 is 0 Å². The highest BCUT2D eigenvalue weighted by molar-refractivity contribution is 5.97. The second-order valence-electron chi connectivity index (χ2n) is 8.73. The van der Waals surface area contributed by atoms with E-state index in [0.717, 1.165) is 18.4 Å². The zero-order chi connectivity index (χ0) is 24.9. The zero-order valence-corrected chi connectivity index (χ0v) is 19.5. The van der Waals surface area contributed by atoms with E-state index in [2.05, 4.69) is 25.7 Å². The van der Waals surface area contributed by atoms with E-state index < -0.39 is 24.0 Å². The minimum Gasteiger partial charge on any atom is -0.381 e. The zero-order valence-electron chi connectivity index (χ0n) is 19.5. The second-order valence-corrected chi connectivity index (χ2v) is 8.73. The number of nitrogens with one attached hydrogen (secondary N) is 2. The molecule has 0 aliphatic heterocycles. The molecule has 1 aliphatic carbocycles. The molecule has 3 aromatic heterocycles. The van der Waals surface area contributed by atoms with Crippen molar-refractivity contribution in [1.82, 2.24) is 30.4 Å². The molecule has 9 heteroatoms. The SMILES string of the molecule is O=C(NC(Cc1ccccc1)C(O)C(=O)NC1CC1)c1cccnc1-n1ccc(-c2ccccn2)n1. The highest BCUT2D eigenvalue weighted by Gasteiger charge is 2.32. The first-order chi connectivity index (χ1) is 17.6. The van der Waals surface area contributed by atoms with Crippen LogP contribution in [0.25, 0.3) is 17.2 Å². The van der Waals surface area contributed by atoms with Crippen LogP contribution in [0.2, 0.25) is 0 Å². The summed E-state index contributed by atoms with van der Waals surface area (Å²) in [6.45, 7) is 0. The first-order valence-electron chi connectivity index (χ1n) is 11.8. The maximum Gasteiger partial charge on any atom is 0.255 e. The van der Waals surface area contributed by atoms with Crippen molar-refractivity contribution >= 4 is 11.8 Å². The molecule has 5 rings (SSSR count). The van der Waals surface area contributed by atoms with Crippen molar-refractivity contribution < 1.29 is 14.7 Å². The lowest BCUT2D eigenvalue weighted by Crippen LogP contribution is -2.52. The lowest BCUT2D eigenvalue weighted by atomic mass is 10.00. The van der Waals surface area contributed by atoms with Crippen molar-refractivity contribution in [2.45, 2.75) is 37.5 Å². The fraction of sp³-hybridized carbons (Fsp3) is 0.222. The molecule has 3 heterocycles. The summed E-state index contributed by atoms with van der Waals surface area (Å²) in [5.74, 6) is -0.628. The topological polar surface area (TPSA) is 122 Å². The summed E-state index contributed by atoms with van der Waals surface area (Å²) < 4.78 is 1.52. The number of nitrogens with zero attached hydrogens (tertiary/aromatic N) is 4. The van der Waals surface area contributed by atoms with Gasteiger partial charge < -0.3 is 15.7 Å². The summed E-state index contributed by atoms with van der Waals surface area (Å²) in [5, 5.41) is 21.1.